The molecule has 2 aromatic rings. The Labute approximate surface area is 172 Å². The first-order valence-corrected chi connectivity index (χ1v) is 9.88. The minimum atomic E-state index is -0.745. The van der Waals surface area contributed by atoms with Gasteiger partial charge in [-0.2, -0.15) is 5.26 Å². The highest BCUT2D eigenvalue weighted by atomic mass is 35.5. The van der Waals surface area contributed by atoms with Crippen LogP contribution >= 0.6 is 11.6 Å². The third-order valence-corrected chi connectivity index (χ3v) is 6.27. The highest BCUT2D eigenvalue weighted by Crippen LogP contribution is 2.52. The lowest BCUT2D eigenvalue weighted by Gasteiger charge is -2.45. The van der Waals surface area contributed by atoms with E-state index in [4.69, 9.17) is 26.8 Å². The van der Waals surface area contributed by atoms with Crippen molar-refractivity contribution in [3.05, 3.63) is 52.5 Å². The highest BCUT2D eigenvalue weighted by molar-refractivity contribution is 6.31. The van der Waals surface area contributed by atoms with Crippen LogP contribution in [0.4, 0.5) is 0 Å². The number of hydrogen-bond donors (Lipinski definition) is 1. The number of hydrogen-bond acceptors (Lipinski definition) is 6. The Morgan fingerprint density at radius 1 is 1.24 bits per heavy atom. The Hall–Kier alpha value is -3.04. The summed E-state index contributed by atoms with van der Waals surface area (Å²) >= 11 is 6.20. The topological polar surface area (TPSA) is 97.7 Å². The van der Waals surface area contributed by atoms with Crippen molar-refractivity contribution in [3.8, 4) is 22.9 Å². The van der Waals surface area contributed by atoms with Gasteiger partial charge in [-0.05, 0) is 47.9 Å². The molecule has 1 fully saturated rings. The van der Waals surface area contributed by atoms with Gasteiger partial charge in [-0.25, -0.2) is 4.99 Å². The van der Waals surface area contributed by atoms with E-state index in [0.717, 1.165) is 22.4 Å². The van der Waals surface area contributed by atoms with E-state index in [1.165, 1.54) is 0 Å². The van der Waals surface area contributed by atoms with Crippen LogP contribution in [0.2, 0.25) is 5.02 Å². The van der Waals surface area contributed by atoms with E-state index >= 15 is 0 Å². The van der Waals surface area contributed by atoms with Crippen LogP contribution in [0.3, 0.4) is 0 Å². The maximum Gasteiger partial charge on any atom is 0.283 e. The molecule has 7 heteroatoms. The number of ether oxygens (including phenoxy) is 2. The molecule has 2 aromatic carbocycles. The average Bonchev–Trinajstić information content (AvgIpc) is 3.10. The number of nitrogens with zero attached hydrogens (tertiary/aromatic N) is 2. The first-order valence-electron chi connectivity index (χ1n) is 9.50. The molecule has 1 aliphatic carbocycles. The van der Waals surface area contributed by atoms with Crippen molar-refractivity contribution in [1.82, 2.24) is 0 Å². The van der Waals surface area contributed by atoms with Crippen LogP contribution < -0.4 is 10.5 Å². The van der Waals surface area contributed by atoms with Crippen LogP contribution in [0.15, 0.2) is 41.4 Å². The number of carbonyl (C=O) groups is 1. The van der Waals surface area contributed by atoms with Gasteiger partial charge in [-0.15, -0.1) is 0 Å². The van der Waals surface area contributed by atoms with E-state index in [9.17, 15) is 10.1 Å². The molecule has 0 amide bonds. The van der Waals surface area contributed by atoms with Gasteiger partial charge in [0.2, 0.25) is 0 Å². The number of fused-ring (bicyclic) bond motifs is 4. The molecule has 1 spiro atoms. The number of ketones is 1. The lowest BCUT2D eigenvalue weighted by Crippen LogP contribution is -2.51. The van der Waals surface area contributed by atoms with Crippen LogP contribution in [0.5, 0.6) is 5.75 Å². The first kappa shape index (κ1) is 18.0. The molecule has 0 bridgehead atoms. The highest BCUT2D eigenvalue weighted by Gasteiger charge is 2.55. The van der Waals surface area contributed by atoms with Crippen LogP contribution in [-0.4, -0.2) is 24.5 Å². The van der Waals surface area contributed by atoms with Crippen molar-refractivity contribution >= 4 is 23.4 Å². The normalized spacial score (nSPS) is 27.3. The molecule has 146 valence electrons. The smallest absolute Gasteiger partial charge is 0.283 e. The summed E-state index contributed by atoms with van der Waals surface area (Å²) in [6.45, 7) is 0.284. The molecule has 3 aliphatic rings. The summed E-state index contributed by atoms with van der Waals surface area (Å²) in [5.41, 5.74) is 8.21. The molecule has 0 unspecified atom stereocenters. The summed E-state index contributed by atoms with van der Waals surface area (Å²) < 4.78 is 11.9. The molecule has 0 aromatic heterocycles. The van der Waals surface area contributed by atoms with E-state index in [-0.39, 0.29) is 30.4 Å². The van der Waals surface area contributed by atoms with Gasteiger partial charge in [-0.1, -0.05) is 17.7 Å². The average molecular weight is 408 g/mol. The molecule has 2 aliphatic heterocycles. The van der Waals surface area contributed by atoms with Gasteiger partial charge in [0, 0.05) is 29.3 Å². The number of rotatable bonds is 1. The quantitative estimate of drug-likeness (QED) is 0.779. The Balaban J connectivity index is 1.67. The fourth-order valence-corrected chi connectivity index (χ4v) is 4.94. The van der Waals surface area contributed by atoms with Crippen molar-refractivity contribution in [2.45, 2.75) is 30.9 Å². The lowest BCUT2D eigenvalue weighted by molar-refractivity contribution is -0.126. The van der Waals surface area contributed by atoms with Gasteiger partial charge >= 0.3 is 0 Å². The molecule has 1 saturated carbocycles. The zero-order chi connectivity index (χ0) is 20.2. The summed E-state index contributed by atoms with van der Waals surface area (Å²) in [6, 6.07) is 13.3. The monoisotopic (exact) mass is 407 g/mol. The zero-order valence-corrected chi connectivity index (χ0v) is 16.3. The molecular weight excluding hydrogens is 390 g/mol. The third kappa shape index (κ3) is 2.85. The molecule has 0 saturated heterocycles. The maximum atomic E-state index is 12.2. The first-order chi connectivity index (χ1) is 14.0. The maximum absolute atomic E-state index is 12.2. The fourth-order valence-electron chi connectivity index (χ4n) is 4.71. The molecule has 2 heterocycles. The van der Waals surface area contributed by atoms with E-state index in [1.807, 2.05) is 24.3 Å². The van der Waals surface area contributed by atoms with E-state index in [0.29, 0.717) is 29.8 Å². The zero-order valence-electron chi connectivity index (χ0n) is 15.5. The van der Waals surface area contributed by atoms with Crippen LogP contribution in [0.25, 0.3) is 11.1 Å². The van der Waals surface area contributed by atoms with Crippen molar-refractivity contribution in [1.29, 1.82) is 5.26 Å². The van der Waals surface area contributed by atoms with Crippen molar-refractivity contribution in [2.24, 2.45) is 16.6 Å². The van der Waals surface area contributed by atoms with Gasteiger partial charge in [0.1, 0.15) is 29.8 Å². The SMILES string of the molecule is N#Cc1cc(Cl)cc(-c2ccc3c(c2)[C@@]2(COC(N)=N2)[C@H]2CC(=O)CC[C@@H]2O3)c1. The number of amidine groups is 1. The molecule has 29 heavy (non-hydrogen) atoms. The summed E-state index contributed by atoms with van der Waals surface area (Å²) in [7, 11) is 0. The fraction of sp³-hybridized carbons (Fsp3) is 0.318. The lowest BCUT2D eigenvalue weighted by atomic mass is 9.68. The Bertz CT molecular complexity index is 1110. The van der Waals surface area contributed by atoms with Crippen molar-refractivity contribution < 1.29 is 14.3 Å². The predicted molar refractivity (Wildman–Crippen MR) is 108 cm³/mol. The summed E-state index contributed by atoms with van der Waals surface area (Å²) in [6.07, 6.45) is 1.48. The minimum Gasteiger partial charge on any atom is -0.490 e. The Morgan fingerprint density at radius 3 is 2.86 bits per heavy atom. The standard InChI is InChI=1S/C22H18ClN3O3/c23-15-6-12(10-24)5-14(7-15)13-1-3-19-17(8-13)22(11-28-21(25)26-22)18-9-16(27)2-4-20(18)29-19/h1,3,5-8,18,20H,2,4,9,11H2,(H2,25,26)/t18-,20-,22-/m0/s1. The van der Waals surface area contributed by atoms with Crippen molar-refractivity contribution in [2.75, 3.05) is 6.61 Å². The second-order valence-electron chi connectivity index (χ2n) is 7.76. The number of Topliss-reactive ketones (excluding diaryl/α,β-unsaturated/α-hetero) is 1. The minimum absolute atomic E-state index is 0.0966. The summed E-state index contributed by atoms with van der Waals surface area (Å²) in [5, 5.41) is 9.76. The third-order valence-electron chi connectivity index (χ3n) is 6.05. The number of nitrogens with two attached hydrogens (primary N) is 1. The van der Waals surface area contributed by atoms with Gasteiger partial charge in [-0.3, -0.25) is 4.79 Å². The van der Waals surface area contributed by atoms with Gasteiger partial charge in [0.25, 0.3) is 6.02 Å². The molecule has 3 atom stereocenters. The molecule has 5 rings (SSSR count). The van der Waals surface area contributed by atoms with Crippen LogP contribution in [0, 0.1) is 17.2 Å². The predicted octanol–water partition coefficient (Wildman–Crippen LogP) is 3.55. The van der Waals surface area contributed by atoms with E-state index in [1.54, 1.807) is 12.1 Å². The van der Waals surface area contributed by atoms with Gasteiger partial charge < -0.3 is 15.2 Å². The summed E-state index contributed by atoms with van der Waals surface area (Å²) in [4.78, 5) is 16.9. The largest absolute Gasteiger partial charge is 0.490 e. The van der Waals surface area contributed by atoms with Gasteiger partial charge in [0.15, 0.2) is 0 Å². The van der Waals surface area contributed by atoms with Crippen LogP contribution in [-0.2, 0) is 15.1 Å². The number of nitriles is 1. The Kier molecular flexibility index (Phi) is 4.04. The van der Waals surface area contributed by atoms with Crippen molar-refractivity contribution in [3.63, 3.8) is 0 Å². The number of carbonyl (C=O) groups excluding carboxylic acids is 1. The number of halogens is 1. The van der Waals surface area contributed by atoms with E-state index < -0.39 is 5.54 Å². The van der Waals surface area contributed by atoms with Gasteiger partial charge in [0.05, 0.1) is 11.6 Å². The second-order valence-corrected chi connectivity index (χ2v) is 8.20. The van der Waals surface area contributed by atoms with Crippen LogP contribution in [0.1, 0.15) is 30.4 Å². The number of aliphatic imine (C=N–C) groups is 1. The number of benzene rings is 2. The van der Waals surface area contributed by atoms with E-state index in [2.05, 4.69) is 11.1 Å². The second kappa shape index (κ2) is 6.50. The molecule has 2 N–H and O–H groups in total. The Morgan fingerprint density at radius 2 is 2.10 bits per heavy atom. The molecule has 0 radical (unpaired) electrons. The summed E-state index contributed by atoms with van der Waals surface area (Å²) in [5.74, 6) is 0.818. The molecular formula is C22H18ClN3O3. The molecule has 6 nitrogen and oxygen atoms in total.